The topological polar surface area (TPSA) is 54.5 Å². The summed E-state index contributed by atoms with van der Waals surface area (Å²) in [6, 6.07) is 6.23. The van der Waals surface area contributed by atoms with E-state index in [1.807, 2.05) is 0 Å². The van der Waals surface area contributed by atoms with Crippen LogP contribution in [-0.2, 0) is 16.1 Å². The second-order valence-electron chi connectivity index (χ2n) is 4.33. The number of aromatic nitrogens is 1. The summed E-state index contributed by atoms with van der Waals surface area (Å²) in [5.41, 5.74) is 2.19. The molecule has 1 aromatic carbocycles. The molecule has 0 radical (unpaired) electrons. The summed E-state index contributed by atoms with van der Waals surface area (Å²) in [6.07, 6.45) is 0.703. The van der Waals surface area contributed by atoms with E-state index >= 15 is 0 Å². The number of ether oxygens (including phenoxy) is 1. The van der Waals surface area contributed by atoms with E-state index in [4.69, 9.17) is 4.74 Å². The van der Waals surface area contributed by atoms with Gasteiger partial charge in [-0.1, -0.05) is 6.07 Å². The quantitative estimate of drug-likeness (QED) is 0.858. The molecule has 1 aliphatic heterocycles. The van der Waals surface area contributed by atoms with Crippen molar-refractivity contribution in [1.29, 1.82) is 0 Å². The highest BCUT2D eigenvalue weighted by Crippen LogP contribution is 2.30. The van der Waals surface area contributed by atoms with E-state index in [0.717, 1.165) is 47.2 Å². The van der Waals surface area contributed by atoms with E-state index in [1.165, 1.54) is 0 Å². The van der Waals surface area contributed by atoms with Crippen LogP contribution in [0.2, 0.25) is 0 Å². The Hall–Kier alpha value is -1.66. The average Bonchev–Trinajstić information content (AvgIpc) is 2.88. The lowest BCUT2D eigenvalue weighted by Crippen LogP contribution is -2.36. The van der Waals surface area contributed by atoms with Gasteiger partial charge in [-0.25, -0.2) is 4.98 Å². The number of para-hydroxylation sites is 1. The Kier molecular flexibility index (Phi) is 3.61. The second-order valence-corrected chi connectivity index (χ2v) is 5.44. The average molecular weight is 277 g/mol. The van der Waals surface area contributed by atoms with Crippen molar-refractivity contribution in [3.8, 4) is 0 Å². The van der Waals surface area contributed by atoms with Gasteiger partial charge in [0.05, 0.1) is 30.1 Å². The standard InChI is InChI=1S/C13H15N3O2S/c17-9-14-8-12-15-13-10(2-1-3-11(13)19-12)16-4-6-18-7-5-16/h1-3,9H,4-8H2,(H,14,17). The van der Waals surface area contributed by atoms with E-state index < -0.39 is 0 Å². The number of nitrogens with zero attached hydrogens (tertiary/aromatic N) is 2. The highest BCUT2D eigenvalue weighted by Gasteiger charge is 2.16. The van der Waals surface area contributed by atoms with Crippen LogP contribution >= 0.6 is 11.3 Å². The van der Waals surface area contributed by atoms with Crippen molar-refractivity contribution in [3.63, 3.8) is 0 Å². The summed E-state index contributed by atoms with van der Waals surface area (Å²) in [6.45, 7) is 3.82. The molecule has 0 saturated carbocycles. The zero-order valence-corrected chi connectivity index (χ0v) is 11.3. The number of hydrogen-bond acceptors (Lipinski definition) is 5. The number of morpholine rings is 1. The number of hydrogen-bond donors (Lipinski definition) is 1. The predicted molar refractivity (Wildman–Crippen MR) is 75.6 cm³/mol. The third-order valence-corrected chi connectivity index (χ3v) is 4.15. The van der Waals surface area contributed by atoms with Crippen molar-refractivity contribution in [2.75, 3.05) is 31.2 Å². The molecule has 5 nitrogen and oxygen atoms in total. The largest absolute Gasteiger partial charge is 0.378 e. The van der Waals surface area contributed by atoms with Gasteiger partial charge in [0.1, 0.15) is 10.5 Å². The number of anilines is 1. The molecule has 1 amide bonds. The van der Waals surface area contributed by atoms with Crippen LogP contribution in [0, 0.1) is 0 Å². The highest BCUT2D eigenvalue weighted by molar-refractivity contribution is 7.18. The van der Waals surface area contributed by atoms with Gasteiger partial charge in [-0.15, -0.1) is 11.3 Å². The first kappa shape index (κ1) is 12.4. The van der Waals surface area contributed by atoms with Crippen LogP contribution in [-0.4, -0.2) is 37.7 Å². The fraction of sp³-hybridized carbons (Fsp3) is 0.385. The minimum absolute atomic E-state index is 0.491. The van der Waals surface area contributed by atoms with E-state index in [1.54, 1.807) is 11.3 Å². The second kappa shape index (κ2) is 5.54. The molecule has 1 aliphatic rings. The fourth-order valence-corrected chi connectivity index (χ4v) is 3.18. The molecular weight excluding hydrogens is 262 g/mol. The summed E-state index contributed by atoms with van der Waals surface area (Å²) >= 11 is 1.62. The van der Waals surface area contributed by atoms with E-state index in [9.17, 15) is 4.79 Å². The summed E-state index contributed by atoms with van der Waals surface area (Å²) in [5, 5.41) is 3.59. The maximum Gasteiger partial charge on any atom is 0.207 e. The van der Waals surface area contributed by atoms with Crippen LogP contribution in [0.25, 0.3) is 10.2 Å². The van der Waals surface area contributed by atoms with Gasteiger partial charge in [-0.05, 0) is 12.1 Å². The molecule has 0 bridgehead atoms. The van der Waals surface area contributed by atoms with Crippen molar-refractivity contribution in [2.24, 2.45) is 0 Å². The lowest BCUT2D eigenvalue weighted by atomic mass is 10.2. The van der Waals surface area contributed by atoms with Gasteiger partial charge in [-0.3, -0.25) is 4.79 Å². The van der Waals surface area contributed by atoms with E-state index in [0.29, 0.717) is 13.0 Å². The number of fused-ring (bicyclic) bond motifs is 1. The molecule has 0 aliphatic carbocycles. The molecule has 1 saturated heterocycles. The van der Waals surface area contributed by atoms with Gasteiger partial charge in [-0.2, -0.15) is 0 Å². The van der Waals surface area contributed by atoms with Crippen molar-refractivity contribution < 1.29 is 9.53 Å². The van der Waals surface area contributed by atoms with Gasteiger partial charge < -0.3 is 15.0 Å². The van der Waals surface area contributed by atoms with Crippen LogP contribution in [0.4, 0.5) is 5.69 Å². The molecule has 2 heterocycles. The molecule has 1 N–H and O–H groups in total. The lowest BCUT2D eigenvalue weighted by Gasteiger charge is -2.28. The Balaban J connectivity index is 1.94. The molecule has 3 rings (SSSR count). The maximum absolute atomic E-state index is 10.4. The van der Waals surface area contributed by atoms with Crippen molar-refractivity contribution in [2.45, 2.75) is 6.54 Å². The minimum Gasteiger partial charge on any atom is -0.378 e. The lowest BCUT2D eigenvalue weighted by molar-refractivity contribution is -0.109. The van der Waals surface area contributed by atoms with Gasteiger partial charge in [0.25, 0.3) is 0 Å². The van der Waals surface area contributed by atoms with Crippen molar-refractivity contribution >= 4 is 33.7 Å². The third-order valence-electron chi connectivity index (χ3n) is 3.13. The molecular formula is C13H15N3O2S. The number of amides is 1. The van der Waals surface area contributed by atoms with Crippen LogP contribution in [0.15, 0.2) is 18.2 Å². The SMILES string of the molecule is O=CNCc1nc2c(N3CCOCC3)cccc2s1. The fourth-order valence-electron chi connectivity index (χ4n) is 2.24. The van der Waals surface area contributed by atoms with E-state index in [-0.39, 0.29) is 0 Å². The molecule has 0 spiro atoms. The Morgan fingerprint density at radius 1 is 1.42 bits per heavy atom. The Bertz CT molecular complexity index is 578. The Morgan fingerprint density at radius 3 is 3.05 bits per heavy atom. The monoisotopic (exact) mass is 277 g/mol. The molecule has 19 heavy (non-hydrogen) atoms. The van der Waals surface area contributed by atoms with Gasteiger partial charge in [0.15, 0.2) is 0 Å². The van der Waals surface area contributed by atoms with Crippen LogP contribution in [0.1, 0.15) is 5.01 Å². The predicted octanol–water partition coefficient (Wildman–Crippen LogP) is 1.38. The van der Waals surface area contributed by atoms with Crippen molar-refractivity contribution in [3.05, 3.63) is 23.2 Å². The number of thiazole rings is 1. The molecule has 6 heteroatoms. The van der Waals surface area contributed by atoms with Crippen LogP contribution in [0.3, 0.4) is 0 Å². The van der Waals surface area contributed by atoms with Gasteiger partial charge in [0, 0.05) is 13.1 Å². The van der Waals surface area contributed by atoms with Crippen molar-refractivity contribution in [1.82, 2.24) is 10.3 Å². The Morgan fingerprint density at radius 2 is 2.26 bits per heavy atom. The number of rotatable bonds is 4. The molecule has 1 aromatic heterocycles. The highest BCUT2D eigenvalue weighted by atomic mass is 32.1. The maximum atomic E-state index is 10.4. The van der Waals surface area contributed by atoms with Gasteiger partial charge in [0.2, 0.25) is 6.41 Å². The summed E-state index contributed by atoms with van der Waals surface area (Å²) in [4.78, 5) is 17.3. The van der Waals surface area contributed by atoms with E-state index in [2.05, 4.69) is 33.4 Å². The molecule has 1 fully saturated rings. The summed E-state index contributed by atoms with van der Waals surface area (Å²) < 4.78 is 6.54. The minimum atomic E-state index is 0.491. The number of carbonyl (C=O) groups excluding carboxylic acids is 1. The number of carbonyl (C=O) groups is 1. The van der Waals surface area contributed by atoms with Gasteiger partial charge >= 0.3 is 0 Å². The summed E-state index contributed by atoms with van der Waals surface area (Å²) in [5.74, 6) is 0. The third kappa shape index (κ3) is 2.54. The summed E-state index contributed by atoms with van der Waals surface area (Å²) in [7, 11) is 0. The molecule has 0 unspecified atom stereocenters. The number of benzene rings is 1. The first-order chi connectivity index (χ1) is 9.38. The number of nitrogens with one attached hydrogen (secondary N) is 1. The zero-order valence-electron chi connectivity index (χ0n) is 10.5. The van der Waals surface area contributed by atoms with Crippen LogP contribution < -0.4 is 10.2 Å². The Labute approximate surface area is 115 Å². The normalized spacial score (nSPS) is 15.7. The molecule has 0 atom stereocenters. The smallest absolute Gasteiger partial charge is 0.207 e. The first-order valence-electron chi connectivity index (χ1n) is 6.26. The first-order valence-corrected chi connectivity index (χ1v) is 7.08. The molecule has 2 aromatic rings. The molecule has 100 valence electrons. The van der Waals surface area contributed by atoms with Crippen LogP contribution in [0.5, 0.6) is 0 Å². The zero-order chi connectivity index (χ0) is 13.1.